The fourth-order valence-corrected chi connectivity index (χ4v) is 4.78. The van der Waals surface area contributed by atoms with Gasteiger partial charge in [-0.05, 0) is 66.3 Å². The number of fused-ring (bicyclic) bond motifs is 1. The molecule has 0 saturated heterocycles. The predicted octanol–water partition coefficient (Wildman–Crippen LogP) is 5.86. The molecular weight excluding hydrogens is 472 g/mol. The van der Waals surface area contributed by atoms with E-state index in [1.807, 2.05) is 36.4 Å². The van der Waals surface area contributed by atoms with Crippen molar-refractivity contribution in [2.75, 3.05) is 27.4 Å². The Hall–Kier alpha value is -4.07. The number of hydrogen-bond donors (Lipinski definition) is 0. The van der Waals surface area contributed by atoms with Gasteiger partial charge in [0.05, 0.1) is 25.2 Å². The van der Waals surface area contributed by atoms with Crippen LogP contribution in [0.25, 0.3) is 0 Å². The molecule has 1 amide bonds. The molecule has 0 fully saturated rings. The van der Waals surface area contributed by atoms with Gasteiger partial charge in [-0.25, -0.2) is 0 Å². The van der Waals surface area contributed by atoms with Crippen LogP contribution < -0.4 is 14.2 Å². The van der Waals surface area contributed by atoms with Crippen molar-refractivity contribution in [3.05, 3.63) is 92.5 Å². The third-order valence-electron chi connectivity index (χ3n) is 6.95. The molecule has 8 nitrogen and oxygen atoms in total. The second-order valence-electron chi connectivity index (χ2n) is 9.41. The Balaban J connectivity index is 1.72. The number of carbonyl (C=O) groups excluding carboxylic acids is 1. The number of nitro benzene ring substituents is 1. The molecule has 0 aromatic heterocycles. The van der Waals surface area contributed by atoms with Crippen LogP contribution in [0.15, 0.2) is 54.6 Å². The van der Waals surface area contributed by atoms with Gasteiger partial charge in [0.1, 0.15) is 12.4 Å². The summed E-state index contributed by atoms with van der Waals surface area (Å²) in [4.78, 5) is 26.6. The quantitative estimate of drug-likeness (QED) is 0.282. The highest BCUT2D eigenvalue weighted by atomic mass is 16.6. The van der Waals surface area contributed by atoms with Crippen LogP contribution in [0, 0.1) is 17.0 Å². The molecule has 1 atom stereocenters. The van der Waals surface area contributed by atoms with Gasteiger partial charge in [0, 0.05) is 23.7 Å². The SMILES string of the molecule is COc1cc2c(cc1OC)C(COc1ccc(C(C)C)cc1)N(C(=O)c1cccc([N+](=O)[O-])c1C)CC2. The van der Waals surface area contributed by atoms with E-state index in [0.717, 1.165) is 11.1 Å². The summed E-state index contributed by atoms with van der Waals surface area (Å²) in [7, 11) is 3.17. The topological polar surface area (TPSA) is 91.1 Å². The van der Waals surface area contributed by atoms with E-state index in [1.165, 1.54) is 11.6 Å². The van der Waals surface area contributed by atoms with Crippen LogP contribution in [-0.2, 0) is 6.42 Å². The van der Waals surface area contributed by atoms with Crippen molar-refractivity contribution < 1.29 is 23.9 Å². The molecule has 1 unspecified atom stereocenters. The molecule has 3 aromatic rings. The lowest BCUT2D eigenvalue weighted by Crippen LogP contribution is -2.42. The molecule has 194 valence electrons. The molecular formula is C29H32N2O6. The largest absolute Gasteiger partial charge is 0.493 e. The first kappa shape index (κ1) is 26.0. The summed E-state index contributed by atoms with van der Waals surface area (Å²) in [6.45, 7) is 6.53. The molecule has 8 heteroatoms. The summed E-state index contributed by atoms with van der Waals surface area (Å²) in [6, 6.07) is 16.0. The van der Waals surface area contributed by atoms with Gasteiger partial charge >= 0.3 is 0 Å². The Morgan fingerprint density at radius 3 is 2.38 bits per heavy atom. The van der Waals surface area contributed by atoms with Crippen molar-refractivity contribution in [3.8, 4) is 17.2 Å². The molecule has 0 saturated carbocycles. The zero-order valence-electron chi connectivity index (χ0n) is 21.8. The fourth-order valence-electron chi connectivity index (χ4n) is 4.78. The second-order valence-corrected chi connectivity index (χ2v) is 9.41. The molecule has 0 bridgehead atoms. The molecule has 0 N–H and O–H groups in total. The minimum absolute atomic E-state index is 0.0762. The Morgan fingerprint density at radius 1 is 1.08 bits per heavy atom. The number of nitro groups is 1. The predicted molar refractivity (Wildman–Crippen MR) is 141 cm³/mol. The van der Waals surface area contributed by atoms with Crippen LogP contribution in [0.4, 0.5) is 5.69 Å². The molecule has 1 heterocycles. The standard InChI is InChI=1S/C29H32N2O6/c1-18(2)20-9-11-22(12-10-20)37-17-26-24-16-28(36-5)27(35-4)15-21(24)13-14-30(26)29(32)23-7-6-8-25(19(23)3)31(33)34/h6-12,15-16,18,26H,13-14,17H2,1-5H3. The van der Waals surface area contributed by atoms with E-state index in [0.29, 0.717) is 47.3 Å². The van der Waals surface area contributed by atoms with Crippen LogP contribution in [0.5, 0.6) is 17.2 Å². The molecule has 1 aliphatic rings. The van der Waals surface area contributed by atoms with Crippen molar-refractivity contribution in [1.82, 2.24) is 4.90 Å². The van der Waals surface area contributed by atoms with Gasteiger partial charge in [-0.3, -0.25) is 14.9 Å². The second kappa shape index (κ2) is 10.9. The first-order chi connectivity index (χ1) is 17.7. The van der Waals surface area contributed by atoms with Crippen LogP contribution in [0.2, 0.25) is 0 Å². The molecule has 0 aliphatic carbocycles. The van der Waals surface area contributed by atoms with E-state index in [4.69, 9.17) is 14.2 Å². The normalized spacial score (nSPS) is 14.8. The lowest BCUT2D eigenvalue weighted by atomic mass is 9.91. The van der Waals surface area contributed by atoms with Crippen molar-refractivity contribution in [2.45, 2.75) is 39.2 Å². The number of hydrogen-bond acceptors (Lipinski definition) is 6. The Kier molecular flexibility index (Phi) is 7.66. The van der Waals surface area contributed by atoms with E-state index in [-0.39, 0.29) is 18.2 Å². The van der Waals surface area contributed by atoms with Crippen molar-refractivity contribution in [3.63, 3.8) is 0 Å². The van der Waals surface area contributed by atoms with Gasteiger partial charge in [-0.15, -0.1) is 0 Å². The summed E-state index contributed by atoms with van der Waals surface area (Å²) >= 11 is 0. The number of methoxy groups -OCH3 is 2. The number of ether oxygens (including phenoxy) is 3. The summed E-state index contributed by atoms with van der Waals surface area (Å²) in [5.74, 6) is 2.03. The summed E-state index contributed by atoms with van der Waals surface area (Å²) in [5, 5.41) is 11.5. The zero-order valence-corrected chi connectivity index (χ0v) is 21.8. The highest BCUT2D eigenvalue weighted by Crippen LogP contribution is 2.39. The monoisotopic (exact) mass is 504 g/mol. The Bertz CT molecular complexity index is 1300. The first-order valence-electron chi connectivity index (χ1n) is 12.3. The third-order valence-corrected chi connectivity index (χ3v) is 6.95. The van der Waals surface area contributed by atoms with Crippen molar-refractivity contribution in [1.29, 1.82) is 0 Å². The Morgan fingerprint density at radius 2 is 1.76 bits per heavy atom. The molecule has 4 rings (SSSR count). The van der Waals surface area contributed by atoms with Gasteiger partial charge in [0.15, 0.2) is 11.5 Å². The number of benzene rings is 3. The maximum atomic E-state index is 13.8. The summed E-state index contributed by atoms with van der Waals surface area (Å²) < 4.78 is 17.2. The van der Waals surface area contributed by atoms with Crippen LogP contribution >= 0.6 is 0 Å². The van der Waals surface area contributed by atoms with Crippen LogP contribution in [0.3, 0.4) is 0 Å². The van der Waals surface area contributed by atoms with Gasteiger partial charge < -0.3 is 19.1 Å². The number of nitrogens with zero attached hydrogens (tertiary/aromatic N) is 2. The van der Waals surface area contributed by atoms with Crippen molar-refractivity contribution >= 4 is 11.6 Å². The minimum Gasteiger partial charge on any atom is -0.493 e. The molecule has 1 aliphatic heterocycles. The number of carbonyl (C=O) groups is 1. The van der Waals surface area contributed by atoms with Gasteiger partial charge in [0.25, 0.3) is 11.6 Å². The lowest BCUT2D eigenvalue weighted by molar-refractivity contribution is -0.385. The molecule has 3 aromatic carbocycles. The highest BCUT2D eigenvalue weighted by molar-refractivity contribution is 5.97. The number of amides is 1. The van der Waals surface area contributed by atoms with Crippen LogP contribution in [-0.4, -0.2) is 43.1 Å². The van der Waals surface area contributed by atoms with Gasteiger partial charge in [-0.1, -0.05) is 32.0 Å². The van der Waals surface area contributed by atoms with Gasteiger partial charge in [0.2, 0.25) is 0 Å². The van der Waals surface area contributed by atoms with Gasteiger partial charge in [-0.2, -0.15) is 0 Å². The fraction of sp³-hybridized carbons (Fsp3) is 0.345. The van der Waals surface area contributed by atoms with E-state index >= 15 is 0 Å². The highest BCUT2D eigenvalue weighted by Gasteiger charge is 2.34. The van der Waals surface area contributed by atoms with Crippen LogP contribution in [0.1, 0.15) is 58.4 Å². The van der Waals surface area contributed by atoms with E-state index < -0.39 is 11.0 Å². The number of rotatable bonds is 8. The van der Waals surface area contributed by atoms with E-state index in [9.17, 15) is 14.9 Å². The molecule has 0 spiro atoms. The maximum absolute atomic E-state index is 13.8. The van der Waals surface area contributed by atoms with Crippen molar-refractivity contribution in [2.24, 2.45) is 0 Å². The molecule has 0 radical (unpaired) electrons. The lowest BCUT2D eigenvalue weighted by Gasteiger charge is -2.38. The smallest absolute Gasteiger partial charge is 0.273 e. The molecule has 37 heavy (non-hydrogen) atoms. The zero-order chi connectivity index (χ0) is 26.7. The van der Waals surface area contributed by atoms with E-state index in [1.54, 1.807) is 38.2 Å². The maximum Gasteiger partial charge on any atom is 0.273 e. The Labute approximate surface area is 216 Å². The first-order valence-corrected chi connectivity index (χ1v) is 12.3. The third kappa shape index (κ3) is 5.23. The average Bonchev–Trinajstić information content (AvgIpc) is 2.90. The average molecular weight is 505 g/mol. The van der Waals surface area contributed by atoms with E-state index in [2.05, 4.69) is 13.8 Å². The summed E-state index contributed by atoms with van der Waals surface area (Å²) in [6.07, 6.45) is 0.606. The summed E-state index contributed by atoms with van der Waals surface area (Å²) in [5.41, 5.74) is 3.74. The minimum atomic E-state index is -0.462.